The summed E-state index contributed by atoms with van der Waals surface area (Å²) in [6.45, 7) is 1.63. The second kappa shape index (κ2) is 4.61. The van der Waals surface area contributed by atoms with Crippen LogP contribution in [0.5, 0.6) is 0 Å². The smallest absolute Gasteiger partial charge is 0.337 e. The van der Waals surface area contributed by atoms with Gasteiger partial charge in [0, 0.05) is 5.56 Å². The number of halogens is 4. The van der Waals surface area contributed by atoms with Crippen LogP contribution in [0.3, 0.4) is 0 Å². The molecule has 0 aliphatic carbocycles. The molecule has 1 aromatic heterocycles. The Morgan fingerprint density at radius 2 is 2.06 bits per heavy atom. The molecular weight excluding hydrogens is 269 g/mol. The SMILES string of the molecule is CC(Cl)c1nc(-c2cccc(C(F)(F)F)c2)no1. The van der Waals surface area contributed by atoms with Crippen LogP contribution >= 0.6 is 11.6 Å². The maximum absolute atomic E-state index is 12.5. The van der Waals surface area contributed by atoms with E-state index in [1.54, 1.807) is 6.92 Å². The first-order valence-electron chi connectivity index (χ1n) is 5.03. The van der Waals surface area contributed by atoms with E-state index < -0.39 is 17.1 Å². The molecule has 0 aliphatic heterocycles. The van der Waals surface area contributed by atoms with Crippen LogP contribution in [0.2, 0.25) is 0 Å². The Labute approximate surface area is 106 Å². The van der Waals surface area contributed by atoms with Crippen molar-refractivity contribution in [3.05, 3.63) is 35.7 Å². The quantitative estimate of drug-likeness (QED) is 0.777. The zero-order valence-electron chi connectivity index (χ0n) is 9.20. The molecule has 0 N–H and O–H groups in total. The summed E-state index contributed by atoms with van der Waals surface area (Å²) in [6.07, 6.45) is -4.40. The number of benzene rings is 1. The summed E-state index contributed by atoms with van der Waals surface area (Å²) in [5, 5.41) is 3.10. The summed E-state index contributed by atoms with van der Waals surface area (Å²) < 4.78 is 42.4. The highest BCUT2D eigenvalue weighted by Crippen LogP contribution is 2.31. The third-order valence-corrected chi connectivity index (χ3v) is 2.42. The van der Waals surface area contributed by atoms with E-state index in [0.29, 0.717) is 0 Å². The molecule has 0 aliphatic rings. The fourth-order valence-corrected chi connectivity index (χ4v) is 1.44. The molecule has 2 rings (SSSR count). The van der Waals surface area contributed by atoms with Crippen molar-refractivity contribution in [2.45, 2.75) is 18.5 Å². The van der Waals surface area contributed by atoms with Crippen LogP contribution in [0, 0.1) is 0 Å². The molecule has 0 saturated heterocycles. The van der Waals surface area contributed by atoms with E-state index in [-0.39, 0.29) is 17.3 Å². The highest BCUT2D eigenvalue weighted by molar-refractivity contribution is 6.20. The fraction of sp³-hybridized carbons (Fsp3) is 0.273. The average molecular weight is 277 g/mol. The zero-order chi connectivity index (χ0) is 13.3. The van der Waals surface area contributed by atoms with Crippen molar-refractivity contribution < 1.29 is 17.7 Å². The van der Waals surface area contributed by atoms with E-state index in [2.05, 4.69) is 10.1 Å². The Hall–Kier alpha value is -1.56. The molecule has 7 heteroatoms. The molecule has 1 aromatic carbocycles. The standard InChI is InChI=1S/C11H8ClF3N2O/c1-6(12)10-16-9(17-18-10)7-3-2-4-8(5-7)11(13,14)15/h2-6H,1H3. The molecule has 0 spiro atoms. The Bertz CT molecular complexity index is 551. The highest BCUT2D eigenvalue weighted by atomic mass is 35.5. The predicted molar refractivity (Wildman–Crippen MR) is 59.0 cm³/mol. The van der Waals surface area contributed by atoms with Gasteiger partial charge in [0.05, 0.1) is 5.56 Å². The lowest BCUT2D eigenvalue weighted by Crippen LogP contribution is -2.04. The second-order valence-electron chi connectivity index (χ2n) is 3.65. The van der Waals surface area contributed by atoms with Gasteiger partial charge in [-0.05, 0) is 19.1 Å². The largest absolute Gasteiger partial charge is 0.416 e. The Kier molecular flexibility index (Phi) is 3.30. The van der Waals surface area contributed by atoms with Gasteiger partial charge in [0.15, 0.2) is 0 Å². The molecule has 0 bridgehead atoms. The van der Waals surface area contributed by atoms with Crippen LogP contribution in [-0.2, 0) is 6.18 Å². The number of hydrogen-bond donors (Lipinski definition) is 0. The topological polar surface area (TPSA) is 38.9 Å². The van der Waals surface area contributed by atoms with E-state index >= 15 is 0 Å². The van der Waals surface area contributed by atoms with E-state index in [0.717, 1.165) is 12.1 Å². The lowest BCUT2D eigenvalue weighted by atomic mass is 10.1. The molecule has 18 heavy (non-hydrogen) atoms. The van der Waals surface area contributed by atoms with E-state index in [1.165, 1.54) is 12.1 Å². The summed E-state index contributed by atoms with van der Waals surface area (Å²) in [6, 6.07) is 4.71. The maximum atomic E-state index is 12.5. The van der Waals surface area contributed by atoms with Gasteiger partial charge in [-0.1, -0.05) is 17.3 Å². The van der Waals surface area contributed by atoms with Crippen LogP contribution in [0.15, 0.2) is 28.8 Å². The van der Waals surface area contributed by atoms with Crippen LogP contribution in [-0.4, -0.2) is 10.1 Å². The van der Waals surface area contributed by atoms with Gasteiger partial charge in [-0.2, -0.15) is 18.2 Å². The van der Waals surface area contributed by atoms with Gasteiger partial charge in [0.2, 0.25) is 11.7 Å². The minimum absolute atomic E-state index is 0.0867. The summed E-state index contributed by atoms with van der Waals surface area (Å²) in [7, 11) is 0. The molecular formula is C11H8ClF3N2O. The number of nitrogens with zero attached hydrogens (tertiary/aromatic N) is 2. The molecule has 0 radical (unpaired) electrons. The Balaban J connectivity index is 2.38. The first-order valence-corrected chi connectivity index (χ1v) is 5.47. The third kappa shape index (κ3) is 2.64. The summed E-state index contributed by atoms with van der Waals surface area (Å²) in [5.74, 6) is 0.257. The van der Waals surface area contributed by atoms with Crippen molar-refractivity contribution in [1.82, 2.24) is 10.1 Å². The van der Waals surface area contributed by atoms with Crippen LogP contribution in [0.4, 0.5) is 13.2 Å². The summed E-state index contributed by atoms with van der Waals surface area (Å²) in [4.78, 5) is 3.93. The number of aromatic nitrogens is 2. The van der Waals surface area contributed by atoms with Crippen molar-refractivity contribution in [2.75, 3.05) is 0 Å². The zero-order valence-corrected chi connectivity index (χ0v) is 9.96. The molecule has 1 heterocycles. The van der Waals surface area contributed by atoms with E-state index in [4.69, 9.17) is 16.1 Å². The monoisotopic (exact) mass is 276 g/mol. The Morgan fingerprint density at radius 1 is 1.33 bits per heavy atom. The van der Waals surface area contributed by atoms with Crippen molar-refractivity contribution in [3.8, 4) is 11.4 Å². The first-order chi connectivity index (χ1) is 8.38. The third-order valence-electron chi connectivity index (χ3n) is 2.23. The van der Waals surface area contributed by atoms with Gasteiger partial charge in [0.1, 0.15) is 5.38 Å². The molecule has 0 saturated carbocycles. The fourth-order valence-electron chi connectivity index (χ4n) is 1.35. The lowest BCUT2D eigenvalue weighted by Gasteiger charge is -2.06. The van der Waals surface area contributed by atoms with Crippen LogP contribution in [0.25, 0.3) is 11.4 Å². The predicted octanol–water partition coefficient (Wildman–Crippen LogP) is 4.06. The molecule has 2 aromatic rings. The highest BCUT2D eigenvalue weighted by Gasteiger charge is 2.30. The van der Waals surface area contributed by atoms with Gasteiger partial charge in [-0.3, -0.25) is 0 Å². The van der Waals surface area contributed by atoms with Crippen LogP contribution in [0.1, 0.15) is 23.8 Å². The summed E-state index contributed by atoms with van der Waals surface area (Å²) >= 11 is 5.73. The lowest BCUT2D eigenvalue weighted by molar-refractivity contribution is -0.137. The normalized spacial score (nSPS) is 13.6. The van der Waals surface area contributed by atoms with Crippen molar-refractivity contribution in [3.63, 3.8) is 0 Å². The van der Waals surface area contributed by atoms with Gasteiger partial charge < -0.3 is 4.52 Å². The Morgan fingerprint density at radius 3 is 2.61 bits per heavy atom. The van der Waals surface area contributed by atoms with E-state index in [9.17, 15) is 13.2 Å². The molecule has 0 amide bonds. The maximum Gasteiger partial charge on any atom is 0.416 e. The minimum atomic E-state index is -4.40. The van der Waals surface area contributed by atoms with Crippen LogP contribution < -0.4 is 0 Å². The average Bonchev–Trinajstić information content (AvgIpc) is 2.77. The van der Waals surface area contributed by atoms with Crippen molar-refractivity contribution in [2.24, 2.45) is 0 Å². The number of hydrogen-bond acceptors (Lipinski definition) is 3. The molecule has 0 fully saturated rings. The number of rotatable bonds is 2. The van der Waals surface area contributed by atoms with E-state index in [1.807, 2.05) is 0 Å². The van der Waals surface area contributed by atoms with Gasteiger partial charge in [-0.15, -0.1) is 11.6 Å². The minimum Gasteiger partial charge on any atom is -0.337 e. The van der Waals surface area contributed by atoms with Crippen molar-refractivity contribution >= 4 is 11.6 Å². The molecule has 96 valence electrons. The molecule has 3 nitrogen and oxygen atoms in total. The molecule has 1 unspecified atom stereocenters. The van der Waals surface area contributed by atoms with Gasteiger partial charge in [-0.25, -0.2) is 0 Å². The van der Waals surface area contributed by atoms with Gasteiger partial charge in [0.25, 0.3) is 0 Å². The van der Waals surface area contributed by atoms with Crippen molar-refractivity contribution in [1.29, 1.82) is 0 Å². The number of alkyl halides is 4. The van der Waals surface area contributed by atoms with Gasteiger partial charge >= 0.3 is 6.18 Å². The molecule has 1 atom stereocenters. The summed E-state index contributed by atoms with van der Waals surface area (Å²) in [5.41, 5.74) is -0.526. The second-order valence-corrected chi connectivity index (χ2v) is 4.31. The first kappa shape index (κ1) is 12.9.